The average molecular weight is 266 g/mol. The SMILES string of the molecule is CCC/C=C/COC(=O)CCC/C=C/CCCCC. The van der Waals surface area contributed by atoms with Crippen LogP contribution in [0.2, 0.25) is 0 Å². The third-order valence-corrected chi connectivity index (χ3v) is 2.86. The van der Waals surface area contributed by atoms with Gasteiger partial charge in [0.15, 0.2) is 0 Å². The van der Waals surface area contributed by atoms with E-state index < -0.39 is 0 Å². The van der Waals surface area contributed by atoms with E-state index in [2.05, 4.69) is 32.1 Å². The van der Waals surface area contributed by atoms with Gasteiger partial charge in [-0.05, 0) is 32.1 Å². The minimum absolute atomic E-state index is 0.0828. The van der Waals surface area contributed by atoms with Crippen LogP contribution in [-0.4, -0.2) is 12.6 Å². The normalized spacial score (nSPS) is 11.5. The lowest BCUT2D eigenvalue weighted by molar-refractivity contribution is -0.142. The van der Waals surface area contributed by atoms with E-state index >= 15 is 0 Å². The van der Waals surface area contributed by atoms with Crippen LogP contribution < -0.4 is 0 Å². The highest BCUT2D eigenvalue weighted by Crippen LogP contribution is 2.03. The molecule has 19 heavy (non-hydrogen) atoms. The van der Waals surface area contributed by atoms with Gasteiger partial charge in [0, 0.05) is 6.42 Å². The Morgan fingerprint density at radius 1 is 0.842 bits per heavy atom. The second kappa shape index (κ2) is 15.0. The highest BCUT2D eigenvalue weighted by atomic mass is 16.5. The number of hydrogen-bond donors (Lipinski definition) is 0. The van der Waals surface area contributed by atoms with Crippen molar-refractivity contribution < 1.29 is 9.53 Å². The maximum Gasteiger partial charge on any atom is 0.306 e. The van der Waals surface area contributed by atoms with Crippen molar-refractivity contribution in [1.29, 1.82) is 0 Å². The van der Waals surface area contributed by atoms with Gasteiger partial charge in [0.2, 0.25) is 0 Å². The molecule has 0 spiro atoms. The first-order chi connectivity index (χ1) is 9.31. The quantitative estimate of drug-likeness (QED) is 0.276. The lowest BCUT2D eigenvalue weighted by atomic mass is 10.1. The summed E-state index contributed by atoms with van der Waals surface area (Å²) >= 11 is 0. The number of hydrogen-bond acceptors (Lipinski definition) is 2. The van der Waals surface area contributed by atoms with Gasteiger partial charge in [0.1, 0.15) is 6.61 Å². The van der Waals surface area contributed by atoms with Crippen molar-refractivity contribution in [2.45, 2.75) is 71.6 Å². The minimum atomic E-state index is -0.0828. The second-order valence-electron chi connectivity index (χ2n) is 4.80. The Morgan fingerprint density at radius 3 is 2.21 bits per heavy atom. The van der Waals surface area contributed by atoms with Gasteiger partial charge in [-0.15, -0.1) is 0 Å². The van der Waals surface area contributed by atoms with E-state index in [-0.39, 0.29) is 5.97 Å². The Balaban J connectivity index is 3.33. The van der Waals surface area contributed by atoms with Gasteiger partial charge in [-0.1, -0.05) is 57.4 Å². The molecule has 0 aliphatic carbocycles. The fourth-order valence-electron chi connectivity index (χ4n) is 1.68. The van der Waals surface area contributed by atoms with Gasteiger partial charge in [-0.3, -0.25) is 4.79 Å². The molecule has 110 valence electrons. The van der Waals surface area contributed by atoms with E-state index in [1.165, 1.54) is 25.7 Å². The molecule has 0 atom stereocenters. The average Bonchev–Trinajstić information content (AvgIpc) is 2.41. The minimum Gasteiger partial charge on any atom is -0.461 e. The molecule has 0 bridgehead atoms. The van der Waals surface area contributed by atoms with Crippen LogP contribution in [0, 0.1) is 0 Å². The predicted molar refractivity (Wildman–Crippen MR) is 82.1 cm³/mol. The van der Waals surface area contributed by atoms with Gasteiger partial charge < -0.3 is 4.74 Å². The highest BCUT2D eigenvalue weighted by Gasteiger charge is 1.99. The molecule has 0 aliphatic heterocycles. The number of ether oxygens (including phenoxy) is 1. The van der Waals surface area contributed by atoms with E-state index in [9.17, 15) is 4.79 Å². The first-order valence-corrected chi connectivity index (χ1v) is 7.76. The van der Waals surface area contributed by atoms with Crippen molar-refractivity contribution in [3.63, 3.8) is 0 Å². The molecule has 0 amide bonds. The third kappa shape index (κ3) is 14.9. The largest absolute Gasteiger partial charge is 0.461 e. The maximum atomic E-state index is 11.4. The summed E-state index contributed by atoms with van der Waals surface area (Å²) in [6.07, 6.45) is 18.0. The van der Waals surface area contributed by atoms with Gasteiger partial charge in [0.05, 0.1) is 0 Å². The molecule has 0 saturated carbocycles. The van der Waals surface area contributed by atoms with Gasteiger partial charge in [-0.25, -0.2) is 0 Å². The van der Waals surface area contributed by atoms with E-state index in [0.29, 0.717) is 13.0 Å². The van der Waals surface area contributed by atoms with Crippen molar-refractivity contribution in [2.75, 3.05) is 6.61 Å². The molecule has 0 aliphatic rings. The zero-order valence-electron chi connectivity index (χ0n) is 12.7. The molecule has 0 aromatic rings. The van der Waals surface area contributed by atoms with Gasteiger partial charge >= 0.3 is 5.97 Å². The summed E-state index contributed by atoms with van der Waals surface area (Å²) in [4.78, 5) is 11.4. The van der Waals surface area contributed by atoms with Crippen LogP contribution in [0.1, 0.15) is 71.6 Å². The summed E-state index contributed by atoms with van der Waals surface area (Å²) in [5.74, 6) is -0.0828. The summed E-state index contributed by atoms with van der Waals surface area (Å²) in [7, 11) is 0. The maximum absolute atomic E-state index is 11.4. The molecule has 2 nitrogen and oxygen atoms in total. The zero-order valence-corrected chi connectivity index (χ0v) is 12.7. The monoisotopic (exact) mass is 266 g/mol. The smallest absolute Gasteiger partial charge is 0.306 e. The van der Waals surface area contributed by atoms with Crippen LogP contribution in [0.4, 0.5) is 0 Å². The molecular formula is C17H30O2. The van der Waals surface area contributed by atoms with Crippen LogP contribution >= 0.6 is 0 Å². The van der Waals surface area contributed by atoms with E-state index in [1.54, 1.807) is 0 Å². The second-order valence-corrected chi connectivity index (χ2v) is 4.80. The summed E-state index contributed by atoms with van der Waals surface area (Å²) in [5, 5.41) is 0. The van der Waals surface area contributed by atoms with Crippen LogP contribution in [0.3, 0.4) is 0 Å². The van der Waals surface area contributed by atoms with Crippen molar-refractivity contribution in [1.82, 2.24) is 0 Å². The summed E-state index contributed by atoms with van der Waals surface area (Å²) in [5.41, 5.74) is 0. The predicted octanol–water partition coefficient (Wildman–Crippen LogP) is 5.19. The fourth-order valence-corrected chi connectivity index (χ4v) is 1.68. The Bertz CT molecular complexity index is 254. The highest BCUT2D eigenvalue weighted by molar-refractivity contribution is 5.69. The summed E-state index contributed by atoms with van der Waals surface area (Å²) in [6.45, 7) is 4.77. The number of esters is 1. The molecule has 2 heteroatoms. The van der Waals surface area contributed by atoms with Crippen molar-refractivity contribution in [3.8, 4) is 0 Å². The van der Waals surface area contributed by atoms with Crippen molar-refractivity contribution >= 4 is 5.97 Å². The Morgan fingerprint density at radius 2 is 1.53 bits per heavy atom. The molecule has 0 rings (SSSR count). The van der Waals surface area contributed by atoms with Crippen molar-refractivity contribution in [3.05, 3.63) is 24.3 Å². The van der Waals surface area contributed by atoms with Crippen LogP contribution in [0.25, 0.3) is 0 Å². The molecule has 0 fully saturated rings. The Hall–Kier alpha value is -1.05. The molecule has 0 heterocycles. The molecule has 0 aromatic heterocycles. The Kier molecular flexibility index (Phi) is 14.2. The molecule has 0 radical (unpaired) electrons. The number of carbonyl (C=O) groups excluding carboxylic acids is 1. The molecule has 0 saturated heterocycles. The molecule has 0 aromatic carbocycles. The van der Waals surface area contributed by atoms with Gasteiger partial charge in [-0.2, -0.15) is 0 Å². The Labute approximate surface area is 118 Å². The van der Waals surface area contributed by atoms with Crippen LogP contribution in [0.5, 0.6) is 0 Å². The number of allylic oxidation sites excluding steroid dienone is 3. The topological polar surface area (TPSA) is 26.3 Å². The lowest BCUT2D eigenvalue weighted by Crippen LogP contribution is -2.03. The van der Waals surface area contributed by atoms with E-state index in [1.807, 2.05) is 6.08 Å². The summed E-state index contributed by atoms with van der Waals surface area (Å²) in [6, 6.07) is 0. The van der Waals surface area contributed by atoms with E-state index in [4.69, 9.17) is 4.74 Å². The molecular weight excluding hydrogens is 236 g/mol. The lowest BCUT2D eigenvalue weighted by Gasteiger charge is -2.00. The van der Waals surface area contributed by atoms with E-state index in [0.717, 1.165) is 25.7 Å². The third-order valence-electron chi connectivity index (χ3n) is 2.86. The van der Waals surface area contributed by atoms with Gasteiger partial charge in [0.25, 0.3) is 0 Å². The number of carbonyl (C=O) groups is 1. The van der Waals surface area contributed by atoms with Crippen LogP contribution in [0.15, 0.2) is 24.3 Å². The first kappa shape index (κ1) is 17.9. The first-order valence-electron chi connectivity index (χ1n) is 7.76. The fraction of sp³-hybridized carbons (Fsp3) is 0.706. The summed E-state index contributed by atoms with van der Waals surface area (Å²) < 4.78 is 5.10. The number of rotatable bonds is 12. The molecule has 0 N–H and O–H groups in total. The standard InChI is InChI=1S/C17H30O2/c1-3-5-7-9-10-11-12-13-15-17(18)19-16-14-8-6-4-2/h8,10-11,14H,3-7,9,12-13,15-16H2,1-2H3/b11-10+,14-8+. The van der Waals surface area contributed by atoms with Crippen molar-refractivity contribution in [2.24, 2.45) is 0 Å². The number of unbranched alkanes of at least 4 members (excludes halogenated alkanes) is 5. The zero-order chi connectivity index (χ0) is 14.2. The van der Waals surface area contributed by atoms with Crippen LogP contribution in [-0.2, 0) is 9.53 Å². The molecule has 0 unspecified atom stereocenters.